The summed E-state index contributed by atoms with van der Waals surface area (Å²) < 4.78 is 43.3. The van der Waals surface area contributed by atoms with E-state index in [4.69, 9.17) is 13.9 Å². The highest BCUT2D eigenvalue weighted by Crippen LogP contribution is 2.29. The third kappa shape index (κ3) is 4.79. The number of carbonyl (C=O) groups is 1. The van der Waals surface area contributed by atoms with Gasteiger partial charge in [0.2, 0.25) is 10.0 Å². The smallest absolute Gasteiger partial charge is 0.338 e. The Labute approximate surface area is 192 Å². The zero-order chi connectivity index (χ0) is 24.3. The minimum Gasteiger partial charge on any atom is -0.495 e. The summed E-state index contributed by atoms with van der Waals surface area (Å²) in [4.78, 5) is 24.7. The van der Waals surface area contributed by atoms with Crippen LogP contribution in [0.2, 0.25) is 0 Å². The molecule has 0 bridgehead atoms. The van der Waals surface area contributed by atoms with Gasteiger partial charge in [0.25, 0.3) is 0 Å². The van der Waals surface area contributed by atoms with Gasteiger partial charge in [-0.2, -0.15) is 4.31 Å². The van der Waals surface area contributed by atoms with E-state index in [0.717, 1.165) is 11.1 Å². The number of rotatable bonds is 8. The Hall–Kier alpha value is -3.17. The summed E-state index contributed by atoms with van der Waals surface area (Å²) in [5.74, 6) is -0.588. The van der Waals surface area contributed by atoms with E-state index in [1.54, 1.807) is 13.8 Å². The molecule has 33 heavy (non-hydrogen) atoms. The lowest BCUT2D eigenvalue weighted by atomic mass is 10.0. The van der Waals surface area contributed by atoms with Gasteiger partial charge in [-0.25, -0.2) is 18.0 Å². The number of hydrogen-bond donors (Lipinski definition) is 0. The molecule has 0 radical (unpaired) electrons. The maximum absolute atomic E-state index is 13.0. The van der Waals surface area contributed by atoms with E-state index >= 15 is 0 Å². The van der Waals surface area contributed by atoms with Crippen LogP contribution in [0.5, 0.6) is 5.75 Å². The second-order valence-electron chi connectivity index (χ2n) is 7.51. The molecule has 0 saturated carbocycles. The average molecular weight is 474 g/mol. The highest BCUT2D eigenvalue weighted by molar-refractivity contribution is 7.89. The zero-order valence-corrected chi connectivity index (χ0v) is 20.1. The zero-order valence-electron chi connectivity index (χ0n) is 19.3. The van der Waals surface area contributed by atoms with E-state index in [2.05, 4.69) is 0 Å². The van der Waals surface area contributed by atoms with Crippen LogP contribution < -0.4 is 10.4 Å². The fraction of sp³-hybridized carbons (Fsp3) is 0.333. The van der Waals surface area contributed by atoms with Crippen molar-refractivity contribution in [3.05, 3.63) is 69.1 Å². The van der Waals surface area contributed by atoms with Crippen LogP contribution in [0, 0.1) is 13.8 Å². The van der Waals surface area contributed by atoms with Crippen molar-refractivity contribution in [2.75, 3.05) is 20.2 Å². The molecule has 0 aliphatic rings. The van der Waals surface area contributed by atoms with Gasteiger partial charge in [-0.05, 0) is 43.2 Å². The van der Waals surface area contributed by atoms with Crippen molar-refractivity contribution in [1.29, 1.82) is 0 Å². The molecule has 0 fully saturated rings. The van der Waals surface area contributed by atoms with Crippen LogP contribution in [-0.4, -0.2) is 38.9 Å². The number of sulfonamides is 1. The molecule has 0 N–H and O–H groups in total. The summed E-state index contributed by atoms with van der Waals surface area (Å²) >= 11 is 0. The number of carbonyl (C=O) groups excluding carboxylic acids is 1. The summed E-state index contributed by atoms with van der Waals surface area (Å²) in [6.07, 6.45) is 0. The highest BCUT2D eigenvalue weighted by Gasteiger charge is 2.27. The Morgan fingerprint density at radius 3 is 2.39 bits per heavy atom. The molecule has 176 valence electrons. The number of fused-ring (bicyclic) bond motifs is 1. The average Bonchev–Trinajstić information content (AvgIpc) is 2.80. The second-order valence-corrected chi connectivity index (χ2v) is 9.41. The molecule has 8 nitrogen and oxygen atoms in total. The Balaban J connectivity index is 1.94. The Morgan fingerprint density at radius 1 is 1.06 bits per heavy atom. The Bertz CT molecular complexity index is 1360. The van der Waals surface area contributed by atoms with Crippen molar-refractivity contribution in [1.82, 2.24) is 4.31 Å². The van der Waals surface area contributed by atoms with Crippen LogP contribution in [0.15, 0.2) is 50.5 Å². The van der Waals surface area contributed by atoms with E-state index in [9.17, 15) is 18.0 Å². The van der Waals surface area contributed by atoms with Crippen LogP contribution in [0.4, 0.5) is 0 Å². The predicted molar refractivity (Wildman–Crippen MR) is 124 cm³/mol. The van der Waals surface area contributed by atoms with E-state index in [1.807, 2.05) is 26.0 Å². The first-order valence-electron chi connectivity index (χ1n) is 10.5. The first-order chi connectivity index (χ1) is 15.6. The number of methoxy groups -OCH3 is 1. The molecule has 0 aliphatic carbocycles. The molecule has 0 atom stereocenters. The van der Waals surface area contributed by atoms with Crippen molar-refractivity contribution in [3.8, 4) is 5.75 Å². The van der Waals surface area contributed by atoms with Gasteiger partial charge in [-0.3, -0.25) is 0 Å². The topological polar surface area (TPSA) is 103 Å². The third-order valence-electron chi connectivity index (χ3n) is 5.60. The monoisotopic (exact) mass is 473 g/mol. The summed E-state index contributed by atoms with van der Waals surface area (Å²) in [6, 6.07) is 9.11. The lowest BCUT2D eigenvalue weighted by Crippen LogP contribution is -2.31. The standard InChI is InChI=1S/C24H27NO7S/c1-6-25(7-2)33(28,29)21-12-17(9-11-20(21)30-5)24(27)31-14-18-13-22(26)32-23-16(4)15(3)8-10-19(18)23/h8-13H,6-7,14H2,1-5H3. The quantitative estimate of drug-likeness (QED) is 0.362. The van der Waals surface area contributed by atoms with Gasteiger partial charge in [0.05, 0.1) is 12.7 Å². The molecule has 3 aromatic rings. The fourth-order valence-electron chi connectivity index (χ4n) is 3.58. The van der Waals surface area contributed by atoms with Gasteiger partial charge in [0.15, 0.2) is 0 Å². The molecular weight excluding hydrogens is 446 g/mol. The van der Waals surface area contributed by atoms with E-state index in [1.165, 1.54) is 35.7 Å². The number of aryl methyl sites for hydroxylation is 2. The lowest BCUT2D eigenvalue weighted by molar-refractivity contribution is 0.0473. The first kappa shape index (κ1) is 24.5. The normalized spacial score (nSPS) is 11.7. The number of ether oxygens (including phenoxy) is 2. The molecular formula is C24H27NO7S. The molecule has 0 saturated heterocycles. The van der Waals surface area contributed by atoms with Crippen LogP contribution in [0.1, 0.15) is 40.9 Å². The SMILES string of the molecule is CCN(CC)S(=O)(=O)c1cc(C(=O)OCc2cc(=O)oc3c(C)c(C)ccc23)ccc1OC. The molecule has 0 unspecified atom stereocenters. The van der Waals surface area contributed by atoms with Gasteiger partial charge in [0, 0.05) is 30.1 Å². The lowest BCUT2D eigenvalue weighted by Gasteiger charge is -2.20. The molecule has 2 aromatic carbocycles. The maximum Gasteiger partial charge on any atom is 0.338 e. The Kier molecular flexibility index (Phi) is 7.24. The third-order valence-corrected chi connectivity index (χ3v) is 7.67. The summed E-state index contributed by atoms with van der Waals surface area (Å²) in [6.45, 7) is 7.61. The van der Waals surface area contributed by atoms with Crippen LogP contribution in [0.25, 0.3) is 11.0 Å². The van der Waals surface area contributed by atoms with Crippen molar-refractivity contribution in [3.63, 3.8) is 0 Å². The molecule has 0 amide bonds. The van der Waals surface area contributed by atoms with Gasteiger partial charge in [0.1, 0.15) is 22.8 Å². The minimum absolute atomic E-state index is 0.0563. The summed E-state index contributed by atoms with van der Waals surface area (Å²) in [5, 5.41) is 0.671. The minimum atomic E-state index is -3.86. The number of benzene rings is 2. The summed E-state index contributed by atoms with van der Waals surface area (Å²) in [5.41, 5.74) is 2.27. The summed E-state index contributed by atoms with van der Waals surface area (Å²) in [7, 11) is -2.50. The van der Waals surface area contributed by atoms with Crippen molar-refractivity contribution in [2.45, 2.75) is 39.2 Å². The second kappa shape index (κ2) is 9.76. The van der Waals surface area contributed by atoms with E-state index in [0.29, 0.717) is 16.5 Å². The van der Waals surface area contributed by atoms with Gasteiger partial charge in [-0.15, -0.1) is 0 Å². The van der Waals surface area contributed by atoms with Crippen LogP contribution in [-0.2, 0) is 21.4 Å². The van der Waals surface area contributed by atoms with Gasteiger partial charge in [-0.1, -0.05) is 26.0 Å². The van der Waals surface area contributed by atoms with Crippen LogP contribution in [0.3, 0.4) is 0 Å². The molecule has 1 heterocycles. The molecule has 0 aliphatic heterocycles. The van der Waals surface area contributed by atoms with E-state index in [-0.39, 0.29) is 35.9 Å². The van der Waals surface area contributed by atoms with Crippen molar-refractivity contribution >= 4 is 27.0 Å². The molecule has 3 rings (SSSR count). The fourth-order valence-corrected chi connectivity index (χ4v) is 5.22. The number of hydrogen-bond acceptors (Lipinski definition) is 7. The van der Waals surface area contributed by atoms with Crippen molar-refractivity contribution < 1.29 is 27.1 Å². The largest absolute Gasteiger partial charge is 0.495 e. The molecule has 1 aromatic heterocycles. The maximum atomic E-state index is 13.0. The first-order valence-corrected chi connectivity index (χ1v) is 12.0. The van der Waals surface area contributed by atoms with E-state index < -0.39 is 21.6 Å². The predicted octanol–water partition coefficient (Wildman–Crippen LogP) is 3.81. The van der Waals surface area contributed by atoms with Crippen molar-refractivity contribution in [2.24, 2.45) is 0 Å². The van der Waals surface area contributed by atoms with Gasteiger partial charge < -0.3 is 13.9 Å². The highest BCUT2D eigenvalue weighted by atomic mass is 32.2. The van der Waals surface area contributed by atoms with Crippen LogP contribution >= 0.6 is 0 Å². The number of esters is 1. The molecule has 9 heteroatoms. The van der Waals surface area contributed by atoms with Gasteiger partial charge >= 0.3 is 11.6 Å². The number of nitrogens with zero attached hydrogens (tertiary/aromatic N) is 1. The Morgan fingerprint density at radius 2 is 1.76 bits per heavy atom. The molecule has 0 spiro atoms.